The predicted molar refractivity (Wildman–Crippen MR) is 131 cm³/mol. The molecule has 3 fully saturated rings. The number of likely N-dealkylation sites (tertiary alicyclic amines) is 2. The van der Waals surface area contributed by atoms with E-state index in [2.05, 4.69) is 22.5 Å². The molecule has 2 atom stereocenters. The Bertz CT molecular complexity index is 594. The SMILES string of the molecule is CN=C(NCCC(=O)N1CCCCC1C)NC1CCN(C(=O)C2CCCCC2)C1.I. The number of guanidine groups is 1. The molecular weight excluding hydrogens is 493 g/mol. The normalized spacial score (nSPS) is 25.6. The molecule has 2 aliphatic heterocycles. The molecule has 0 bridgehead atoms. The second kappa shape index (κ2) is 12.7. The number of hydrogen-bond donors (Lipinski definition) is 2. The highest BCUT2D eigenvalue weighted by Gasteiger charge is 2.31. The molecule has 30 heavy (non-hydrogen) atoms. The number of halogens is 1. The van der Waals surface area contributed by atoms with Gasteiger partial charge < -0.3 is 20.4 Å². The van der Waals surface area contributed by atoms with Crippen LogP contribution in [0.25, 0.3) is 0 Å². The van der Waals surface area contributed by atoms with Crippen molar-refractivity contribution in [2.75, 3.05) is 33.2 Å². The summed E-state index contributed by atoms with van der Waals surface area (Å²) in [4.78, 5) is 33.6. The molecule has 3 aliphatic rings. The maximum absolute atomic E-state index is 12.7. The lowest BCUT2D eigenvalue weighted by Crippen LogP contribution is -2.47. The average molecular weight is 533 g/mol. The number of hydrogen-bond acceptors (Lipinski definition) is 3. The third-order valence-corrected chi connectivity index (χ3v) is 6.77. The Morgan fingerprint density at radius 3 is 2.43 bits per heavy atom. The smallest absolute Gasteiger partial charge is 0.225 e. The summed E-state index contributed by atoms with van der Waals surface area (Å²) in [6.07, 6.45) is 10.7. The fraction of sp³-hybridized carbons (Fsp3) is 0.864. The van der Waals surface area contributed by atoms with Gasteiger partial charge in [-0.15, -0.1) is 24.0 Å². The lowest BCUT2D eigenvalue weighted by molar-refractivity contribution is -0.135. The van der Waals surface area contributed by atoms with Gasteiger partial charge in [-0.25, -0.2) is 0 Å². The molecule has 0 aromatic heterocycles. The van der Waals surface area contributed by atoms with Crippen LogP contribution in [0.15, 0.2) is 4.99 Å². The van der Waals surface area contributed by atoms with Gasteiger partial charge in [0.15, 0.2) is 5.96 Å². The molecule has 2 heterocycles. The number of piperidine rings is 1. The number of aliphatic imine (C=N–C) groups is 1. The van der Waals surface area contributed by atoms with E-state index >= 15 is 0 Å². The van der Waals surface area contributed by atoms with Crippen molar-refractivity contribution in [2.24, 2.45) is 10.9 Å². The molecule has 172 valence electrons. The Kier molecular flexibility index (Phi) is 10.7. The fourth-order valence-electron chi connectivity index (χ4n) is 4.97. The summed E-state index contributed by atoms with van der Waals surface area (Å²) < 4.78 is 0. The molecule has 0 spiro atoms. The highest BCUT2D eigenvalue weighted by Crippen LogP contribution is 2.26. The molecule has 2 saturated heterocycles. The van der Waals surface area contributed by atoms with Gasteiger partial charge in [-0.3, -0.25) is 14.6 Å². The van der Waals surface area contributed by atoms with E-state index < -0.39 is 0 Å². The highest BCUT2D eigenvalue weighted by atomic mass is 127. The zero-order valence-electron chi connectivity index (χ0n) is 18.7. The number of nitrogens with zero attached hydrogens (tertiary/aromatic N) is 3. The van der Waals surface area contributed by atoms with Gasteiger partial charge in [0.1, 0.15) is 0 Å². The van der Waals surface area contributed by atoms with Crippen LogP contribution >= 0.6 is 24.0 Å². The molecule has 3 rings (SSSR count). The maximum atomic E-state index is 12.7. The summed E-state index contributed by atoms with van der Waals surface area (Å²) in [5.74, 6) is 1.54. The fourth-order valence-corrected chi connectivity index (χ4v) is 4.97. The Morgan fingerprint density at radius 2 is 1.73 bits per heavy atom. The van der Waals surface area contributed by atoms with Crippen LogP contribution in [-0.4, -0.2) is 72.9 Å². The number of carbonyl (C=O) groups is 2. The van der Waals surface area contributed by atoms with E-state index in [1.807, 2.05) is 9.80 Å². The van der Waals surface area contributed by atoms with Crippen LogP contribution in [0, 0.1) is 5.92 Å². The van der Waals surface area contributed by atoms with Crippen molar-refractivity contribution >= 4 is 41.8 Å². The van der Waals surface area contributed by atoms with Crippen molar-refractivity contribution in [3.63, 3.8) is 0 Å². The van der Waals surface area contributed by atoms with Crippen LogP contribution in [0.3, 0.4) is 0 Å². The van der Waals surface area contributed by atoms with Crippen molar-refractivity contribution < 1.29 is 9.59 Å². The zero-order valence-corrected chi connectivity index (χ0v) is 21.0. The molecule has 8 heteroatoms. The zero-order chi connectivity index (χ0) is 20.6. The summed E-state index contributed by atoms with van der Waals surface area (Å²) >= 11 is 0. The standard InChI is InChI=1S/C22H39N5O2.HI/c1-17-8-6-7-14-27(17)20(28)11-13-24-22(23-2)25-19-12-15-26(16-19)21(29)18-9-4-3-5-10-18;/h17-19H,3-16H2,1-2H3,(H2,23,24,25);1H. The molecule has 7 nitrogen and oxygen atoms in total. The minimum absolute atomic E-state index is 0. The van der Waals surface area contributed by atoms with Gasteiger partial charge in [-0.1, -0.05) is 19.3 Å². The third-order valence-electron chi connectivity index (χ3n) is 6.77. The van der Waals surface area contributed by atoms with Gasteiger partial charge in [0.25, 0.3) is 0 Å². The van der Waals surface area contributed by atoms with Crippen molar-refractivity contribution in [1.29, 1.82) is 0 Å². The maximum Gasteiger partial charge on any atom is 0.225 e. The van der Waals surface area contributed by atoms with Gasteiger partial charge in [0.05, 0.1) is 0 Å². The average Bonchev–Trinajstić information content (AvgIpc) is 3.21. The molecule has 0 aromatic rings. The van der Waals surface area contributed by atoms with Gasteiger partial charge in [0, 0.05) is 57.6 Å². The van der Waals surface area contributed by atoms with Crippen molar-refractivity contribution in [3.05, 3.63) is 0 Å². The Morgan fingerprint density at radius 1 is 1.00 bits per heavy atom. The van der Waals surface area contributed by atoms with E-state index in [0.29, 0.717) is 24.9 Å². The summed E-state index contributed by atoms with van der Waals surface area (Å²) in [6, 6.07) is 0.589. The molecule has 0 radical (unpaired) electrons. The Hall–Kier alpha value is -1.06. The molecule has 1 saturated carbocycles. The number of amides is 2. The van der Waals surface area contributed by atoms with Gasteiger partial charge >= 0.3 is 0 Å². The van der Waals surface area contributed by atoms with Gasteiger partial charge in [0.2, 0.25) is 11.8 Å². The summed E-state index contributed by atoms with van der Waals surface area (Å²) in [7, 11) is 1.75. The van der Waals surface area contributed by atoms with Crippen molar-refractivity contribution in [1.82, 2.24) is 20.4 Å². The van der Waals surface area contributed by atoms with Gasteiger partial charge in [-0.2, -0.15) is 0 Å². The topological polar surface area (TPSA) is 77.0 Å². The Labute approximate surface area is 198 Å². The molecule has 1 aliphatic carbocycles. The number of nitrogens with one attached hydrogen (secondary N) is 2. The van der Waals surface area contributed by atoms with E-state index in [-0.39, 0.29) is 41.8 Å². The first-order valence-corrected chi connectivity index (χ1v) is 11.6. The predicted octanol–water partition coefficient (Wildman–Crippen LogP) is 2.74. The lowest BCUT2D eigenvalue weighted by atomic mass is 9.88. The monoisotopic (exact) mass is 533 g/mol. The third kappa shape index (κ3) is 6.99. The van der Waals surface area contributed by atoms with E-state index in [4.69, 9.17) is 0 Å². The minimum Gasteiger partial charge on any atom is -0.356 e. The van der Waals surface area contributed by atoms with Gasteiger partial charge in [-0.05, 0) is 45.4 Å². The molecular formula is C22H40IN5O2. The Balaban J connectivity index is 0.00000320. The first-order chi connectivity index (χ1) is 14.1. The minimum atomic E-state index is 0. The van der Waals surface area contributed by atoms with E-state index in [9.17, 15) is 9.59 Å². The molecule has 0 aromatic carbocycles. The van der Waals surface area contributed by atoms with Crippen molar-refractivity contribution in [3.8, 4) is 0 Å². The van der Waals surface area contributed by atoms with E-state index in [1.54, 1.807) is 7.05 Å². The van der Waals surface area contributed by atoms with Crippen LogP contribution < -0.4 is 10.6 Å². The van der Waals surface area contributed by atoms with Crippen LogP contribution in [0.4, 0.5) is 0 Å². The second-order valence-corrected chi connectivity index (χ2v) is 8.93. The van der Waals surface area contributed by atoms with E-state index in [0.717, 1.165) is 57.7 Å². The van der Waals surface area contributed by atoms with Crippen LogP contribution in [0.5, 0.6) is 0 Å². The first-order valence-electron chi connectivity index (χ1n) is 11.6. The van der Waals surface area contributed by atoms with Crippen LogP contribution in [0.1, 0.15) is 71.1 Å². The second-order valence-electron chi connectivity index (χ2n) is 8.93. The quantitative estimate of drug-likeness (QED) is 0.324. The molecule has 2 N–H and O–H groups in total. The number of carbonyl (C=O) groups excluding carboxylic acids is 2. The van der Waals surface area contributed by atoms with Crippen molar-refractivity contribution in [2.45, 2.75) is 83.2 Å². The lowest BCUT2D eigenvalue weighted by Gasteiger charge is -2.33. The molecule has 2 unspecified atom stereocenters. The van der Waals surface area contributed by atoms with E-state index in [1.165, 1.54) is 25.7 Å². The summed E-state index contributed by atoms with van der Waals surface area (Å²) in [5.41, 5.74) is 0. The molecule has 2 amide bonds. The number of rotatable bonds is 5. The largest absolute Gasteiger partial charge is 0.356 e. The first kappa shape index (κ1) is 25.2. The summed E-state index contributed by atoms with van der Waals surface area (Å²) in [5, 5.41) is 6.71. The van der Waals surface area contributed by atoms with Crippen LogP contribution in [-0.2, 0) is 9.59 Å². The summed E-state index contributed by atoms with van der Waals surface area (Å²) in [6.45, 7) is 5.19. The van der Waals surface area contributed by atoms with Crippen LogP contribution in [0.2, 0.25) is 0 Å². The highest BCUT2D eigenvalue weighted by molar-refractivity contribution is 14.0.